The largest absolute Gasteiger partial charge is 0.494 e. The molecule has 0 saturated carbocycles. The molecular weight excluding hydrogens is 554 g/mol. The Bertz CT molecular complexity index is 1440. The van der Waals surface area contributed by atoms with Gasteiger partial charge in [-0.1, -0.05) is 23.7 Å². The number of esters is 1. The minimum Gasteiger partial charge on any atom is -0.494 e. The number of nitrogens with one attached hydrogen (secondary N) is 1. The molecule has 0 fully saturated rings. The fourth-order valence-corrected chi connectivity index (χ4v) is 4.92. The van der Waals surface area contributed by atoms with E-state index >= 15 is 4.39 Å². The van der Waals surface area contributed by atoms with Gasteiger partial charge in [-0.25, -0.2) is 18.4 Å². The number of carbonyl (C=O) groups excluding carboxylic acids is 3. The van der Waals surface area contributed by atoms with Crippen LogP contribution in [0.1, 0.15) is 32.2 Å². The quantitative estimate of drug-likeness (QED) is 0.249. The molecule has 2 N–H and O–H groups in total. The Balaban J connectivity index is 1.67. The van der Waals surface area contributed by atoms with Crippen molar-refractivity contribution in [2.24, 2.45) is 0 Å². The molecule has 210 valence electrons. The summed E-state index contributed by atoms with van der Waals surface area (Å²) in [6, 6.07) is 8.78. The van der Waals surface area contributed by atoms with E-state index in [2.05, 4.69) is 5.32 Å². The van der Waals surface area contributed by atoms with Crippen molar-refractivity contribution in [3.63, 3.8) is 0 Å². The molecule has 2 aliphatic rings. The normalized spacial score (nSPS) is 16.7. The van der Waals surface area contributed by atoms with Crippen LogP contribution in [0.25, 0.3) is 0 Å². The van der Waals surface area contributed by atoms with Crippen LogP contribution in [0.2, 0.25) is 5.02 Å². The number of ether oxygens (including phenoxy) is 3. The highest BCUT2D eigenvalue weighted by Crippen LogP contribution is 2.44. The Hall–Kier alpha value is -4.29. The summed E-state index contributed by atoms with van der Waals surface area (Å²) in [5, 5.41) is 12.5. The van der Waals surface area contributed by atoms with Crippen molar-refractivity contribution in [3.8, 4) is 5.75 Å². The van der Waals surface area contributed by atoms with Crippen molar-refractivity contribution >= 4 is 35.4 Å². The first-order valence-electron chi connectivity index (χ1n) is 11.8. The molecule has 2 heterocycles. The number of methoxy groups -OCH3 is 2. The monoisotopic (exact) mass is 576 g/mol. The van der Waals surface area contributed by atoms with Crippen molar-refractivity contribution in [1.82, 2.24) is 10.2 Å². The number of allylic oxidation sites excluding steroid dienone is 1. The Morgan fingerprint density at radius 2 is 1.70 bits per heavy atom. The fourth-order valence-electron chi connectivity index (χ4n) is 4.66. The number of aliphatic carboxylic acids is 1. The summed E-state index contributed by atoms with van der Waals surface area (Å²) < 4.78 is 45.0. The third kappa shape index (κ3) is 5.03. The summed E-state index contributed by atoms with van der Waals surface area (Å²) in [6.45, 7) is -2.11. The third-order valence-electron chi connectivity index (χ3n) is 6.48. The number of fused-ring (bicyclic) bond motifs is 1. The van der Waals surface area contributed by atoms with E-state index in [1.165, 1.54) is 31.4 Å². The highest BCUT2D eigenvalue weighted by molar-refractivity contribution is 6.31. The molecule has 1 atom stereocenters. The number of amides is 2. The minimum atomic E-state index is -1.70. The number of carboxylic acid groups (broad SMARTS) is 1. The zero-order valence-electron chi connectivity index (χ0n) is 21.3. The number of hydrogen-bond acceptors (Lipinski definition) is 8. The molecular formula is C27H23ClF2N2O8. The smallest absolute Gasteiger partial charge is 0.336 e. The Labute approximate surface area is 231 Å². The number of imide groups is 1. The second kappa shape index (κ2) is 11.8. The van der Waals surface area contributed by atoms with E-state index in [0.29, 0.717) is 0 Å². The molecule has 4 rings (SSSR count). The molecule has 10 nitrogen and oxygen atoms in total. The van der Waals surface area contributed by atoms with Gasteiger partial charge in [-0.15, -0.1) is 0 Å². The number of alkyl halides is 1. The van der Waals surface area contributed by atoms with Crippen molar-refractivity contribution in [2.75, 3.05) is 40.7 Å². The molecule has 0 spiro atoms. The minimum absolute atomic E-state index is 0.152. The van der Waals surface area contributed by atoms with Gasteiger partial charge in [0.15, 0.2) is 11.6 Å². The van der Waals surface area contributed by atoms with Crippen LogP contribution in [0, 0.1) is 5.82 Å². The maximum Gasteiger partial charge on any atom is 0.336 e. The van der Waals surface area contributed by atoms with E-state index in [0.717, 1.165) is 12.0 Å². The Morgan fingerprint density at radius 3 is 2.25 bits per heavy atom. The molecule has 2 aromatic rings. The maximum atomic E-state index is 15.5. The van der Waals surface area contributed by atoms with E-state index < -0.39 is 65.5 Å². The zero-order valence-corrected chi connectivity index (χ0v) is 22.0. The van der Waals surface area contributed by atoms with Crippen LogP contribution in [0.5, 0.6) is 5.75 Å². The molecule has 2 aromatic carbocycles. The number of hydrogen-bond donors (Lipinski definition) is 2. The van der Waals surface area contributed by atoms with Crippen molar-refractivity contribution in [2.45, 2.75) is 5.92 Å². The number of nitrogens with zero attached hydrogens (tertiary/aromatic N) is 1. The molecule has 1 unspecified atom stereocenters. The van der Waals surface area contributed by atoms with Gasteiger partial charge in [-0.2, -0.15) is 0 Å². The fraction of sp³-hybridized carbons (Fsp3) is 0.259. The lowest BCUT2D eigenvalue weighted by molar-refractivity contribution is -0.136. The first kappa shape index (κ1) is 28.7. The summed E-state index contributed by atoms with van der Waals surface area (Å²) in [6.07, 6.45) is 0. The van der Waals surface area contributed by atoms with Gasteiger partial charge in [0.05, 0.1) is 73.6 Å². The lowest BCUT2D eigenvalue weighted by Crippen LogP contribution is -2.37. The second-order valence-electron chi connectivity index (χ2n) is 8.61. The Morgan fingerprint density at radius 1 is 1.05 bits per heavy atom. The standard InChI is InChI=1S/C27H23ClF2N2O8/c1-38-18-8-7-15(28)19(23(18)30)22-20(26(35)36)17(31-16(11-29)21(22)27(37)39-2)12-40-10-9-32-24(33)13-5-3-4-6-14(13)25(32)34/h3-8,22,31H,9-12H2,1-2H3,(H,35,36). The van der Waals surface area contributed by atoms with Crippen LogP contribution in [0.15, 0.2) is 58.9 Å². The van der Waals surface area contributed by atoms with Gasteiger partial charge in [0.1, 0.15) is 6.67 Å². The van der Waals surface area contributed by atoms with Crippen molar-refractivity contribution in [1.29, 1.82) is 0 Å². The van der Waals surface area contributed by atoms with Gasteiger partial charge in [-0.05, 0) is 24.3 Å². The summed E-state index contributed by atoms with van der Waals surface area (Å²) in [5.74, 6) is -6.71. The van der Waals surface area contributed by atoms with Gasteiger partial charge in [0.25, 0.3) is 11.8 Å². The summed E-state index contributed by atoms with van der Waals surface area (Å²) in [5.41, 5.74) is -1.54. The number of halogens is 3. The van der Waals surface area contributed by atoms with E-state index in [-0.39, 0.29) is 46.4 Å². The van der Waals surface area contributed by atoms with Crippen LogP contribution >= 0.6 is 11.6 Å². The average Bonchev–Trinajstić information content (AvgIpc) is 3.19. The van der Waals surface area contributed by atoms with E-state index in [9.17, 15) is 28.7 Å². The third-order valence-corrected chi connectivity index (χ3v) is 6.81. The molecule has 0 bridgehead atoms. The first-order chi connectivity index (χ1) is 19.2. The van der Waals surface area contributed by atoms with Crippen LogP contribution < -0.4 is 10.1 Å². The molecule has 0 aliphatic carbocycles. The van der Waals surface area contributed by atoms with Gasteiger partial charge in [0, 0.05) is 10.6 Å². The van der Waals surface area contributed by atoms with Crippen molar-refractivity contribution < 1.29 is 47.3 Å². The second-order valence-corrected chi connectivity index (χ2v) is 9.02. The molecule has 0 radical (unpaired) electrons. The van der Waals surface area contributed by atoms with E-state index in [1.807, 2.05) is 0 Å². The van der Waals surface area contributed by atoms with Crippen LogP contribution in [0.4, 0.5) is 8.78 Å². The van der Waals surface area contributed by atoms with Gasteiger partial charge >= 0.3 is 11.9 Å². The lowest BCUT2D eigenvalue weighted by Gasteiger charge is -2.31. The van der Waals surface area contributed by atoms with E-state index in [1.54, 1.807) is 12.1 Å². The van der Waals surface area contributed by atoms with Crippen LogP contribution in [0.3, 0.4) is 0 Å². The predicted molar refractivity (Wildman–Crippen MR) is 136 cm³/mol. The summed E-state index contributed by atoms with van der Waals surface area (Å²) >= 11 is 6.28. The van der Waals surface area contributed by atoms with E-state index in [4.69, 9.17) is 25.8 Å². The average molecular weight is 577 g/mol. The highest BCUT2D eigenvalue weighted by atomic mass is 35.5. The Kier molecular flexibility index (Phi) is 8.50. The number of benzene rings is 2. The number of rotatable bonds is 10. The van der Waals surface area contributed by atoms with Crippen molar-refractivity contribution in [3.05, 3.63) is 86.5 Å². The SMILES string of the molecule is COC(=O)C1=C(CF)NC(COCCN2C(=O)c3ccccc3C2=O)=C(C(=O)O)C1c1c(Cl)ccc(OC)c1F. The lowest BCUT2D eigenvalue weighted by atomic mass is 9.79. The molecule has 0 aromatic heterocycles. The number of carboxylic acids is 1. The number of dihydropyridines is 1. The molecule has 2 amide bonds. The molecule has 13 heteroatoms. The van der Waals surface area contributed by atoms with Crippen LogP contribution in [-0.2, 0) is 19.1 Å². The summed E-state index contributed by atoms with van der Waals surface area (Å²) in [4.78, 5) is 51.4. The van der Waals surface area contributed by atoms with Crippen LogP contribution in [-0.4, -0.2) is 74.4 Å². The van der Waals surface area contributed by atoms with Gasteiger partial charge in [0.2, 0.25) is 0 Å². The number of carbonyl (C=O) groups is 4. The molecule has 2 aliphatic heterocycles. The highest BCUT2D eigenvalue weighted by Gasteiger charge is 2.42. The molecule has 0 saturated heterocycles. The predicted octanol–water partition coefficient (Wildman–Crippen LogP) is 3.22. The molecule has 40 heavy (non-hydrogen) atoms. The topological polar surface area (TPSA) is 131 Å². The first-order valence-corrected chi connectivity index (χ1v) is 12.2. The van der Waals surface area contributed by atoms with Gasteiger partial charge < -0.3 is 24.6 Å². The zero-order chi connectivity index (χ0) is 29.1. The maximum absolute atomic E-state index is 15.5. The van der Waals surface area contributed by atoms with Gasteiger partial charge in [-0.3, -0.25) is 14.5 Å². The summed E-state index contributed by atoms with van der Waals surface area (Å²) in [7, 11) is 2.19.